The Morgan fingerprint density at radius 3 is 2.92 bits per heavy atom. The molecule has 0 radical (unpaired) electrons. The largest absolute Gasteiger partial charge is 0.370 e. The van der Waals surface area contributed by atoms with E-state index in [2.05, 4.69) is 16.2 Å². The van der Waals surface area contributed by atoms with Gasteiger partial charge in [0.2, 0.25) is 0 Å². The molecule has 0 bridgehead atoms. The van der Waals surface area contributed by atoms with Crippen molar-refractivity contribution in [1.82, 2.24) is 25.7 Å². The molecule has 1 rings (SSSR count). The lowest BCUT2D eigenvalue weighted by Gasteiger charge is -2.32. The predicted molar refractivity (Wildman–Crippen MR) is 53.0 cm³/mol. The van der Waals surface area contributed by atoms with Crippen molar-refractivity contribution < 1.29 is 0 Å². The Balaban J connectivity index is 2.50. The Hall–Kier alpha value is -0.650. The second-order valence-corrected chi connectivity index (χ2v) is 3.08. The van der Waals surface area contributed by atoms with Crippen LogP contribution in [0.25, 0.3) is 0 Å². The SMILES string of the molecule is CCNC1=CN(NCC)CN(Cl)N1. The molecular weight excluding hydrogens is 190 g/mol. The number of hydrogen-bond acceptors (Lipinski definition) is 5. The molecule has 1 heterocycles. The molecule has 0 atom stereocenters. The molecule has 0 saturated carbocycles. The molecule has 0 amide bonds. The summed E-state index contributed by atoms with van der Waals surface area (Å²) in [5.74, 6) is 0.893. The fraction of sp³-hybridized carbons (Fsp3) is 0.714. The number of nitrogens with one attached hydrogen (secondary N) is 3. The highest BCUT2D eigenvalue weighted by Gasteiger charge is 2.13. The molecule has 0 aromatic heterocycles. The summed E-state index contributed by atoms with van der Waals surface area (Å²) in [4.78, 5) is 0. The van der Waals surface area contributed by atoms with Gasteiger partial charge in [0.1, 0.15) is 12.5 Å². The summed E-state index contributed by atoms with van der Waals surface area (Å²) in [5, 5.41) is 5.06. The van der Waals surface area contributed by atoms with Gasteiger partial charge >= 0.3 is 0 Å². The second kappa shape index (κ2) is 5.16. The van der Waals surface area contributed by atoms with Crippen LogP contribution in [0.1, 0.15) is 13.8 Å². The van der Waals surface area contributed by atoms with Crippen molar-refractivity contribution in [1.29, 1.82) is 0 Å². The number of halogens is 1. The zero-order valence-electron chi connectivity index (χ0n) is 7.97. The van der Waals surface area contributed by atoms with Gasteiger partial charge in [0.25, 0.3) is 0 Å². The zero-order chi connectivity index (χ0) is 9.68. The first-order valence-corrected chi connectivity index (χ1v) is 4.75. The van der Waals surface area contributed by atoms with Gasteiger partial charge in [-0.25, -0.2) is 5.43 Å². The molecule has 0 saturated heterocycles. The molecule has 76 valence electrons. The number of nitrogens with zero attached hydrogens (tertiary/aromatic N) is 2. The van der Waals surface area contributed by atoms with E-state index < -0.39 is 0 Å². The molecule has 0 aromatic rings. The maximum Gasteiger partial charge on any atom is 0.132 e. The number of rotatable bonds is 4. The van der Waals surface area contributed by atoms with Crippen LogP contribution >= 0.6 is 11.8 Å². The summed E-state index contributed by atoms with van der Waals surface area (Å²) >= 11 is 5.84. The Morgan fingerprint density at radius 1 is 1.54 bits per heavy atom. The Kier molecular flexibility index (Phi) is 4.14. The quantitative estimate of drug-likeness (QED) is 0.571. The van der Waals surface area contributed by atoms with Gasteiger partial charge in [0, 0.05) is 24.9 Å². The fourth-order valence-electron chi connectivity index (χ4n) is 1.10. The van der Waals surface area contributed by atoms with E-state index in [0.717, 1.165) is 18.9 Å². The summed E-state index contributed by atoms with van der Waals surface area (Å²) in [6, 6.07) is 0. The van der Waals surface area contributed by atoms with Crippen LogP contribution in [0.3, 0.4) is 0 Å². The van der Waals surface area contributed by atoms with Crippen LogP contribution in [0.4, 0.5) is 0 Å². The first kappa shape index (κ1) is 10.4. The lowest BCUT2D eigenvalue weighted by atomic mass is 10.6. The third-order valence-corrected chi connectivity index (χ3v) is 1.72. The van der Waals surface area contributed by atoms with Gasteiger partial charge in [-0.2, -0.15) is 0 Å². The Morgan fingerprint density at radius 2 is 2.31 bits per heavy atom. The van der Waals surface area contributed by atoms with Gasteiger partial charge < -0.3 is 5.32 Å². The third kappa shape index (κ3) is 3.30. The van der Waals surface area contributed by atoms with Crippen LogP contribution in [0.15, 0.2) is 12.0 Å². The minimum Gasteiger partial charge on any atom is -0.370 e. The van der Waals surface area contributed by atoms with Crippen molar-refractivity contribution in [3.05, 3.63) is 12.0 Å². The predicted octanol–water partition coefficient (Wildman–Crippen LogP) is 0.153. The van der Waals surface area contributed by atoms with Gasteiger partial charge in [0.15, 0.2) is 0 Å². The molecule has 0 unspecified atom stereocenters. The van der Waals surface area contributed by atoms with E-state index in [0.29, 0.717) is 6.67 Å². The lowest BCUT2D eigenvalue weighted by molar-refractivity contribution is 0.146. The molecule has 5 nitrogen and oxygen atoms in total. The van der Waals surface area contributed by atoms with Gasteiger partial charge in [-0.05, 0) is 6.92 Å². The van der Waals surface area contributed by atoms with Crippen molar-refractivity contribution in [2.75, 3.05) is 19.8 Å². The first-order chi connectivity index (χ1) is 6.26. The van der Waals surface area contributed by atoms with Crippen molar-refractivity contribution in [3.63, 3.8) is 0 Å². The standard InChI is InChI=1S/C7H16ClN5/c1-3-9-7-5-12(10-4-2)6-13(8)11-7/h5,9-11H,3-4,6H2,1-2H3. The van der Waals surface area contributed by atoms with E-state index in [1.54, 1.807) is 0 Å². The van der Waals surface area contributed by atoms with Crippen molar-refractivity contribution in [2.45, 2.75) is 13.8 Å². The molecule has 13 heavy (non-hydrogen) atoms. The van der Waals surface area contributed by atoms with Crippen LogP contribution in [0, 0.1) is 0 Å². The van der Waals surface area contributed by atoms with Crippen molar-refractivity contribution >= 4 is 11.8 Å². The Labute approximate surface area is 83.8 Å². The summed E-state index contributed by atoms with van der Waals surface area (Å²) in [7, 11) is 0. The number of hydrogen-bond donors (Lipinski definition) is 3. The second-order valence-electron chi connectivity index (χ2n) is 2.67. The minimum absolute atomic E-state index is 0.601. The van der Waals surface area contributed by atoms with E-state index in [-0.39, 0.29) is 0 Å². The topological polar surface area (TPSA) is 42.6 Å². The minimum atomic E-state index is 0.601. The van der Waals surface area contributed by atoms with Crippen LogP contribution in [-0.2, 0) is 0 Å². The zero-order valence-corrected chi connectivity index (χ0v) is 8.73. The number of hydrazine groups is 2. The van der Waals surface area contributed by atoms with Gasteiger partial charge in [-0.15, -0.1) is 4.53 Å². The third-order valence-electron chi connectivity index (χ3n) is 1.53. The molecule has 0 aromatic carbocycles. The van der Waals surface area contributed by atoms with Crippen LogP contribution in [0.5, 0.6) is 0 Å². The van der Waals surface area contributed by atoms with E-state index in [1.807, 2.05) is 25.1 Å². The summed E-state index contributed by atoms with van der Waals surface area (Å²) < 4.78 is 1.49. The highest BCUT2D eigenvalue weighted by atomic mass is 35.5. The first-order valence-electron chi connectivity index (χ1n) is 4.42. The van der Waals surface area contributed by atoms with Crippen LogP contribution in [-0.4, -0.2) is 29.3 Å². The van der Waals surface area contributed by atoms with Gasteiger partial charge in [-0.1, -0.05) is 6.92 Å². The van der Waals surface area contributed by atoms with E-state index in [4.69, 9.17) is 11.8 Å². The molecule has 3 N–H and O–H groups in total. The summed E-state index contributed by atoms with van der Waals surface area (Å²) in [6.07, 6.45) is 1.95. The van der Waals surface area contributed by atoms with Crippen LogP contribution < -0.4 is 16.2 Å². The summed E-state index contributed by atoms with van der Waals surface area (Å²) in [5.41, 5.74) is 6.13. The summed E-state index contributed by atoms with van der Waals surface area (Å²) in [6.45, 7) is 6.42. The lowest BCUT2D eigenvalue weighted by Crippen LogP contribution is -2.50. The fourth-order valence-corrected chi connectivity index (χ4v) is 1.31. The van der Waals surface area contributed by atoms with Crippen molar-refractivity contribution in [2.24, 2.45) is 0 Å². The Bertz CT molecular complexity index is 184. The molecular formula is C7H16ClN5. The van der Waals surface area contributed by atoms with E-state index >= 15 is 0 Å². The van der Waals surface area contributed by atoms with E-state index in [9.17, 15) is 0 Å². The molecule has 6 heteroatoms. The average molecular weight is 206 g/mol. The van der Waals surface area contributed by atoms with E-state index in [1.165, 1.54) is 4.53 Å². The molecule has 1 aliphatic rings. The molecule has 0 aliphatic carbocycles. The monoisotopic (exact) mass is 205 g/mol. The molecule has 0 fully saturated rings. The molecule has 1 aliphatic heterocycles. The van der Waals surface area contributed by atoms with Crippen LogP contribution in [0.2, 0.25) is 0 Å². The molecule has 0 spiro atoms. The highest BCUT2D eigenvalue weighted by molar-refractivity contribution is 6.13. The maximum absolute atomic E-state index is 5.84. The highest BCUT2D eigenvalue weighted by Crippen LogP contribution is 2.02. The average Bonchev–Trinajstić information content (AvgIpc) is 2.04. The normalized spacial score (nSPS) is 18.1. The van der Waals surface area contributed by atoms with Gasteiger partial charge in [-0.3, -0.25) is 10.4 Å². The van der Waals surface area contributed by atoms with Gasteiger partial charge in [0.05, 0.1) is 6.20 Å². The van der Waals surface area contributed by atoms with Crippen molar-refractivity contribution in [3.8, 4) is 0 Å². The maximum atomic E-state index is 5.84. The smallest absolute Gasteiger partial charge is 0.132 e.